The van der Waals surface area contributed by atoms with Crippen molar-refractivity contribution in [2.24, 2.45) is 0 Å². The first-order valence-corrected chi connectivity index (χ1v) is 6.50. The van der Waals surface area contributed by atoms with E-state index in [2.05, 4.69) is 4.98 Å². The Bertz CT molecular complexity index is 641. The average Bonchev–Trinajstić information content (AvgIpc) is 2.38. The lowest BCUT2D eigenvalue weighted by atomic mass is 10.0. The first-order chi connectivity index (χ1) is 9.47. The van der Waals surface area contributed by atoms with E-state index in [0.29, 0.717) is 21.9 Å². The summed E-state index contributed by atoms with van der Waals surface area (Å²) in [5.74, 6) is -0.429. The molecule has 4 nitrogen and oxygen atoms in total. The number of halogens is 1. The monoisotopic (exact) mass is 291 g/mol. The van der Waals surface area contributed by atoms with Crippen LogP contribution in [0.25, 0.3) is 11.1 Å². The van der Waals surface area contributed by atoms with Gasteiger partial charge in [0.1, 0.15) is 5.75 Å². The maximum Gasteiger partial charge on any atom is 0.336 e. The van der Waals surface area contributed by atoms with E-state index in [0.717, 1.165) is 0 Å². The maximum atomic E-state index is 11.3. The summed E-state index contributed by atoms with van der Waals surface area (Å²) < 4.78 is 5.56. The SMILES string of the molecule is CC(C)Oc1cncc(-c2ccc(Cl)cc2C(=O)O)c1. The number of carboxylic acid groups (broad SMARTS) is 1. The third kappa shape index (κ3) is 3.27. The summed E-state index contributed by atoms with van der Waals surface area (Å²) >= 11 is 5.84. The molecule has 0 aliphatic carbocycles. The van der Waals surface area contributed by atoms with E-state index in [1.807, 2.05) is 13.8 Å². The first-order valence-electron chi connectivity index (χ1n) is 6.12. The van der Waals surface area contributed by atoms with Crippen molar-refractivity contribution in [2.75, 3.05) is 0 Å². The highest BCUT2D eigenvalue weighted by molar-refractivity contribution is 6.31. The first kappa shape index (κ1) is 14.3. The third-order valence-corrected chi connectivity index (χ3v) is 2.84. The molecule has 0 aliphatic rings. The quantitative estimate of drug-likeness (QED) is 0.928. The van der Waals surface area contributed by atoms with Gasteiger partial charge in [-0.3, -0.25) is 4.98 Å². The van der Waals surface area contributed by atoms with Crippen molar-refractivity contribution in [1.29, 1.82) is 0 Å². The Morgan fingerprint density at radius 2 is 2.05 bits per heavy atom. The Kier molecular flexibility index (Phi) is 4.25. The van der Waals surface area contributed by atoms with Gasteiger partial charge in [0.15, 0.2) is 0 Å². The smallest absolute Gasteiger partial charge is 0.336 e. The van der Waals surface area contributed by atoms with Crippen molar-refractivity contribution in [3.63, 3.8) is 0 Å². The van der Waals surface area contributed by atoms with Crippen molar-refractivity contribution in [3.8, 4) is 16.9 Å². The summed E-state index contributed by atoms with van der Waals surface area (Å²) in [6, 6.07) is 6.51. The number of pyridine rings is 1. The topological polar surface area (TPSA) is 59.4 Å². The second-order valence-electron chi connectivity index (χ2n) is 4.57. The van der Waals surface area contributed by atoms with Gasteiger partial charge >= 0.3 is 5.97 Å². The summed E-state index contributed by atoms with van der Waals surface area (Å²) in [5.41, 5.74) is 1.38. The fraction of sp³-hybridized carbons (Fsp3) is 0.200. The highest BCUT2D eigenvalue weighted by Crippen LogP contribution is 2.28. The number of carboxylic acids is 1. The van der Waals surface area contributed by atoms with Crippen molar-refractivity contribution in [1.82, 2.24) is 4.98 Å². The van der Waals surface area contributed by atoms with Crippen LogP contribution in [0, 0.1) is 0 Å². The highest BCUT2D eigenvalue weighted by atomic mass is 35.5. The minimum atomic E-state index is -1.03. The van der Waals surface area contributed by atoms with Crippen LogP contribution >= 0.6 is 11.6 Å². The minimum Gasteiger partial charge on any atom is -0.489 e. The van der Waals surface area contributed by atoms with Crippen LogP contribution in [0.2, 0.25) is 5.02 Å². The predicted molar refractivity (Wildman–Crippen MR) is 77.4 cm³/mol. The molecule has 1 heterocycles. The summed E-state index contributed by atoms with van der Waals surface area (Å²) in [4.78, 5) is 15.4. The van der Waals surface area contributed by atoms with Crippen LogP contribution in [0.15, 0.2) is 36.7 Å². The summed E-state index contributed by atoms with van der Waals surface area (Å²) in [6.45, 7) is 3.83. The number of hydrogen-bond donors (Lipinski definition) is 1. The zero-order chi connectivity index (χ0) is 14.7. The van der Waals surface area contributed by atoms with Crippen LogP contribution in [0.5, 0.6) is 5.75 Å². The van der Waals surface area contributed by atoms with Crippen molar-refractivity contribution >= 4 is 17.6 Å². The zero-order valence-electron chi connectivity index (χ0n) is 11.1. The highest BCUT2D eigenvalue weighted by Gasteiger charge is 2.13. The molecule has 2 aromatic rings. The normalized spacial score (nSPS) is 10.6. The Morgan fingerprint density at radius 3 is 2.70 bits per heavy atom. The van der Waals surface area contributed by atoms with Gasteiger partial charge < -0.3 is 9.84 Å². The van der Waals surface area contributed by atoms with Crippen LogP contribution in [0.3, 0.4) is 0 Å². The molecule has 0 unspecified atom stereocenters. The lowest BCUT2D eigenvalue weighted by Crippen LogP contribution is -2.06. The van der Waals surface area contributed by atoms with Crippen LogP contribution in [-0.4, -0.2) is 22.2 Å². The lowest BCUT2D eigenvalue weighted by Gasteiger charge is -2.11. The van der Waals surface area contributed by atoms with Crippen molar-refractivity contribution in [3.05, 3.63) is 47.2 Å². The number of nitrogens with zero attached hydrogens (tertiary/aromatic N) is 1. The number of benzene rings is 1. The number of aromatic nitrogens is 1. The van der Waals surface area contributed by atoms with E-state index in [-0.39, 0.29) is 11.7 Å². The van der Waals surface area contributed by atoms with Gasteiger partial charge in [0.25, 0.3) is 0 Å². The summed E-state index contributed by atoms with van der Waals surface area (Å²) in [7, 11) is 0. The Balaban J connectivity index is 2.48. The number of aromatic carboxylic acids is 1. The van der Waals surface area contributed by atoms with Gasteiger partial charge in [-0.25, -0.2) is 4.79 Å². The number of ether oxygens (including phenoxy) is 1. The fourth-order valence-electron chi connectivity index (χ4n) is 1.85. The molecule has 0 saturated heterocycles. The molecule has 0 amide bonds. The number of rotatable bonds is 4. The Morgan fingerprint density at radius 1 is 1.30 bits per heavy atom. The standard InChI is InChI=1S/C15H14ClNO3/c1-9(2)20-12-5-10(7-17-8-12)13-4-3-11(16)6-14(13)15(18)19/h3-9H,1-2H3,(H,18,19). The molecule has 1 aromatic carbocycles. The molecular formula is C15H14ClNO3. The van der Waals surface area contributed by atoms with Crippen LogP contribution < -0.4 is 4.74 Å². The van der Waals surface area contributed by atoms with E-state index in [1.165, 1.54) is 6.07 Å². The van der Waals surface area contributed by atoms with Gasteiger partial charge in [0.05, 0.1) is 17.9 Å². The summed E-state index contributed by atoms with van der Waals surface area (Å²) in [5, 5.41) is 9.64. The molecule has 0 spiro atoms. The predicted octanol–water partition coefficient (Wildman–Crippen LogP) is 3.89. The molecule has 0 aliphatic heterocycles. The molecule has 0 saturated carbocycles. The van der Waals surface area contributed by atoms with Crippen LogP contribution in [-0.2, 0) is 0 Å². The molecule has 2 rings (SSSR count). The third-order valence-electron chi connectivity index (χ3n) is 2.61. The molecule has 0 atom stereocenters. The van der Waals surface area contributed by atoms with Gasteiger partial charge in [0, 0.05) is 16.8 Å². The molecule has 5 heteroatoms. The maximum absolute atomic E-state index is 11.3. The van der Waals surface area contributed by atoms with Gasteiger partial charge in [0.2, 0.25) is 0 Å². The van der Waals surface area contributed by atoms with Gasteiger partial charge in [-0.2, -0.15) is 0 Å². The molecule has 104 valence electrons. The van der Waals surface area contributed by atoms with Gasteiger partial charge in [-0.15, -0.1) is 0 Å². The lowest BCUT2D eigenvalue weighted by molar-refractivity contribution is 0.0697. The largest absolute Gasteiger partial charge is 0.489 e. The Hall–Kier alpha value is -2.07. The minimum absolute atomic E-state index is 0.0243. The number of carbonyl (C=O) groups is 1. The average molecular weight is 292 g/mol. The molecule has 1 N–H and O–H groups in total. The van der Waals surface area contributed by atoms with E-state index < -0.39 is 5.97 Å². The number of hydrogen-bond acceptors (Lipinski definition) is 3. The fourth-order valence-corrected chi connectivity index (χ4v) is 2.02. The zero-order valence-corrected chi connectivity index (χ0v) is 11.9. The molecule has 0 bridgehead atoms. The molecule has 1 aromatic heterocycles. The van der Waals surface area contributed by atoms with Crippen LogP contribution in [0.4, 0.5) is 0 Å². The molecule has 0 radical (unpaired) electrons. The van der Waals surface area contributed by atoms with E-state index in [1.54, 1.807) is 30.6 Å². The van der Waals surface area contributed by atoms with Crippen LogP contribution in [0.1, 0.15) is 24.2 Å². The van der Waals surface area contributed by atoms with Crippen molar-refractivity contribution in [2.45, 2.75) is 20.0 Å². The van der Waals surface area contributed by atoms with E-state index in [9.17, 15) is 9.90 Å². The molecule has 20 heavy (non-hydrogen) atoms. The second-order valence-corrected chi connectivity index (χ2v) is 5.01. The van der Waals surface area contributed by atoms with E-state index >= 15 is 0 Å². The molecular weight excluding hydrogens is 278 g/mol. The van der Waals surface area contributed by atoms with Crippen molar-refractivity contribution < 1.29 is 14.6 Å². The molecule has 0 fully saturated rings. The summed E-state index contributed by atoms with van der Waals surface area (Å²) in [6.07, 6.45) is 3.22. The van der Waals surface area contributed by atoms with Gasteiger partial charge in [-0.05, 0) is 37.6 Å². The second kappa shape index (κ2) is 5.92. The van der Waals surface area contributed by atoms with Gasteiger partial charge in [-0.1, -0.05) is 17.7 Å². The van der Waals surface area contributed by atoms with E-state index in [4.69, 9.17) is 16.3 Å². The Labute approximate surface area is 122 Å².